The molecule has 0 saturated carbocycles. The molecule has 18 heavy (non-hydrogen) atoms. The number of ether oxygens (including phenoxy) is 1. The fourth-order valence-corrected chi connectivity index (χ4v) is 2.70. The van der Waals surface area contributed by atoms with E-state index in [9.17, 15) is 0 Å². The first kappa shape index (κ1) is 12.1. The van der Waals surface area contributed by atoms with Gasteiger partial charge in [0.15, 0.2) is 0 Å². The van der Waals surface area contributed by atoms with Crippen molar-refractivity contribution in [1.82, 2.24) is 19.8 Å². The highest BCUT2D eigenvalue weighted by Gasteiger charge is 2.17. The molecule has 0 aliphatic carbocycles. The first-order chi connectivity index (χ1) is 8.92. The number of imidazole rings is 1. The van der Waals surface area contributed by atoms with Gasteiger partial charge in [-0.25, -0.2) is 4.98 Å². The maximum atomic E-state index is 5.37. The summed E-state index contributed by atoms with van der Waals surface area (Å²) in [5, 5.41) is 3.54. The quantitative estimate of drug-likeness (QED) is 0.765. The lowest BCUT2D eigenvalue weighted by atomic mass is 10.1. The average molecular weight is 250 g/mol. The van der Waals surface area contributed by atoms with E-state index in [1.54, 1.807) is 0 Å². The first-order valence-electron chi connectivity index (χ1n) is 6.92. The summed E-state index contributed by atoms with van der Waals surface area (Å²) in [7, 11) is 0. The molecule has 0 spiro atoms. The number of fused-ring (bicyclic) bond motifs is 1. The van der Waals surface area contributed by atoms with Crippen LogP contribution in [0.5, 0.6) is 0 Å². The Morgan fingerprint density at radius 1 is 1.44 bits per heavy atom. The molecule has 5 heteroatoms. The van der Waals surface area contributed by atoms with Crippen LogP contribution in [0, 0.1) is 5.92 Å². The Hall–Kier alpha value is -0.910. The van der Waals surface area contributed by atoms with Gasteiger partial charge in [-0.1, -0.05) is 0 Å². The van der Waals surface area contributed by atoms with Gasteiger partial charge >= 0.3 is 0 Å². The predicted octanol–water partition coefficient (Wildman–Crippen LogP) is 0.325. The Labute approximate surface area is 108 Å². The number of aromatic nitrogens is 2. The maximum Gasteiger partial charge on any atom is 0.122 e. The van der Waals surface area contributed by atoms with E-state index < -0.39 is 0 Å². The van der Waals surface area contributed by atoms with E-state index in [1.165, 1.54) is 12.2 Å². The van der Waals surface area contributed by atoms with Crippen molar-refractivity contribution in [3.05, 3.63) is 18.2 Å². The zero-order valence-corrected chi connectivity index (χ0v) is 10.8. The monoisotopic (exact) mass is 250 g/mol. The first-order valence-corrected chi connectivity index (χ1v) is 6.92. The summed E-state index contributed by atoms with van der Waals surface area (Å²) in [6.07, 6.45) is 5.19. The van der Waals surface area contributed by atoms with E-state index in [1.807, 2.05) is 6.20 Å². The van der Waals surface area contributed by atoms with Gasteiger partial charge in [-0.3, -0.25) is 4.90 Å². The van der Waals surface area contributed by atoms with Gasteiger partial charge in [0.25, 0.3) is 0 Å². The molecule has 1 aromatic rings. The molecule has 0 radical (unpaired) electrons. The molecule has 2 aliphatic heterocycles. The number of hydrogen-bond acceptors (Lipinski definition) is 4. The van der Waals surface area contributed by atoms with Gasteiger partial charge in [0, 0.05) is 51.7 Å². The lowest BCUT2D eigenvalue weighted by Crippen LogP contribution is -2.39. The molecule has 2 aliphatic rings. The highest BCUT2D eigenvalue weighted by molar-refractivity contribution is 4.95. The van der Waals surface area contributed by atoms with Crippen molar-refractivity contribution in [1.29, 1.82) is 0 Å². The molecule has 3 rings (SSSR count). The van der Waals surface area contributed by atoms with Crippen molar-refractivity contribution >= 4 is 0 Å². The standard InChI is InChI=1S/C13H22N4O/c1-8-18-11-12(1)9-14-2-4-16-6-7-17-5-3-15-13(17)10-16/h3,5,12,14H,1-2,4,6-11H2. The Morgan fingerprint density at radius 2 is 2.44 bits per heavy atom. The van der Waals surface area contributed by atoms with Crippen molar-refractivity contribution in [3.63, 3.8) is 0 Å². The van der Waals surface area contributed by atoms with Crippen LogP contribution in [0.3, 0.4) is 0 Å². The second kappa shape index (κ2) is 5.82. The van der Waals surface area contributed by atoms with Crippen LogP contribution in [0.1, 0.15) is 12.2 Å². The molecule has 0 aromatic carbocycles. The van der Waals surface area contributed by atoms with E-state index in [0.717, 1.165) is 58.4 Å². The van der Waals surface area contributed by atoms with Gasteiger partial charge < -0.3 is 14.6 Å². The fraction of sp³-hybridized carbons (Fsp3) is 0.769. The summed E-state index contributed by atoms with van der Waals surface area (Å²) in [4.78, 5) is 6.86. The van der Waals surface area contributed by atoms with Gasteiger partial charge in [-0.05, 0) is 12.3 Å². The summed E-state index contributed by atoms with van der Waals surface area (Å²) in [5.41, 5.74) is 0. The molecule has 1 saturated heterocycles. The Morgan fingerprint density at radius 3 is 3.33 bits per heavy atom. The van der Waals surface area contributed by atoms with Crippen molar-refractivity contribution < 1.29 is 4.74 Å². The van der Waals surface area contributed by atoms with E-state index >= 15 is 0 Å². The SMILES string of the molecule is c1cn2c(n1)CN(CCNCC1CCOC1)CC2. The molecule has 0 amide bonds. The van der Waals surface area contributed by atoms with E-state index in [0.29, 0.717) is 0 Å². The molecule has 1 N–H and O–H groups in total. The molecule has 0 bridgehead atoms. The Balaban J connectivity index is 1.34. The van der Waals surface area contributed by atoms with Crippen molar-refractivity contribution in [3.8, 4) is 0 Å². The van der Waals surface area contributed by atoms with E-state index in [2.05, 4.69) is 26.0 Å². The minimum Gasteiger partial charge on any atom is -0.381 e. The molecule has 1 fully saturated rings. The number of hydrogen-bond donors (Lipinski definition) is 1. The van der Waals surface area contributed by atoms with Gasteiger partial charge in [0.2, 0.25) is 0 Å². The number of rotatable bonds is 5. The Kier molecular flexibility index (Phi) is 3.93. The lowest BCUT2D eigenvalue weighted by molar-refractivity contribution is 0.184. The third-order valence-corrected chi connectivity index (χ3v) is 3.89. The Bertz CT molecular complexity index is 373. The average Bonchev–Trinajstić information content (AvgIpc) is 3.05. The predicted molar refractivity (Wildman–Crippen MR) is 69.3 cm³/mol. The van der Waals surface area contributed by atoms with Crippen molar-refractivity contribution in [2.45, 2.75) is 19.5 Å². The van der Waals surface area contributed by atoms with Gasteiger partial charge in [-0.2, -0.15) is 0 Å². The zero-order chi connectivity index (χ0) is 12.2. The molecule has 1 atom stereocenters. The van der Waals surface area contributed by atoms with Crippen LogP contribution in [0.25, 0.3) is 0 Å². The molecule has 1 unspecified atom stereocenters. The summed E-state index contributed by atoms with van der Waals surface area (Å²) in [6.45, 7) is 8.36. The largest absolute Gasteiger partial charge is 0.381 e. The second-order valence-electron chi connectivity index (χ2n) is 5.25. The lowest BCUT2D eigenvalue weighted by Gasteiger charge is -2.27. The molecular weight excluding hydrogens is 228 g/mol. The van der Waals surface area contributed by atoms with Crippen LogP contribution in [0.4, 0.5) is 0 Å². The smallest absolute Gasteiger partial charge is 0.122 e. The second-order valence-corrected chi connectivity index (χ2v) is 5.25. The minimum atomic E-state index is 0.727. The van der Waals surface area contributed by atoms with Crippen LogP contribution in [0.2, 0.25) is 0 Å². The molecule has 3 heterocycles. The summed E-state index contributed by atoms with van der Waals surface area (Å²) < 4.78 is 7.62. The van der Waals surface area contributed by atoms with Crippen LogP contribution in [-0.2, 0) is 17.8 Å². The number of nitrogens with zero attached hydrogens (tertiary/aromatic N) is 3. The summed E-state index contributed by atoms with van der Waals surface area (Å²) in [5.74, 6) is 1.93. The van der Waals surface area contributed by atoms with Crippen LogP contribution in [0.15, 0.2) is 12.4 Å². The third-order valence-electron chi connectivity index (χ3n) is 3.89. The third kappa shape index (κ3) is 2.91. The minimum absolute atomic E-state index is 0.727. The van der Waals surface area contributed by atoms with Crippen molar-refractivity contribution in [2.24, 2.45) is 5.92 Å². The van der Waals surface area contributed by atoms with Gasteiger partial charge in [-0.15, -0.1) is 0 Å². The normalized spacial score (nSPS) is 24.3. The van der Waals surface area contributed by atoms with Crippen LogP contribution in [-0.4, -0.2) is 53.8 Å². The van der Waals surface area contributed by atoms with E-state index in [-0.39, 0.29) is 0 Å². The topological polar surface area (TPSA) is 42.3 Å². The fourth-order valence-electron chi connectivity index (χ4n) is 2.70. The number of nitrogens with one attached hydrogen (secondary N) is 1. The zero-order valence-electron chi connectivity index (χ0n) is 10.8. The molecule has 5 nitrogen and oxygen atoms in total. The maximum absolute atomic E-state index is 5.37. The molecular formula is C13H22N4O. The van der Waals surface area contributed by atoms with Crippen molar-refractivity contribution in [2.75, 3.05) is 39.4 Å². The summed E-state index contributed by atoms with van der Waals surface area (Å²) >= 11 is 0. The van der Waals surface area contributed by atoms with Gasteiger partial charge in [0.05, 0.1) is 13.2 Å². The highest BCUT2D eigenvalue weighted by atomic mass is 16.5. The molecule has 1 aromatic heterocycles. The summed E-state index contributed by atoms with van der Waals surface area (Å²) in [6, 6.07) is 0. The van der Waals surface area contributed by atoms with Crippen LogP contribution < -0.4 is 5.32 Å². The van der Waals surface area contributed by atoms with Crippen LogP contribution >= 0.6 is 0 Å². The highest BCUT2D eigenvalue weighted by Crippen LogP contribution is 2.11. The molecule has 100 valence electrons. The van der Waals surface area contributed by atoms with E-state index in [4.69, 9.17) is 4.74 Å². The van der Waals surface area contributed by atoms with Gasteiger partial charge in [0.1, 0.15) is 5.82 Å².